The molecule has 0 spiro atoms. The van der Waals surface area contributed by atoms with Crippen molar-refractivity contribution in [3.05, 3.63) is 24.3 Å². The van der Waals surface area contributed by atoms with E-state index in [0.29, 0.717) is 19.4 Å². The molecule has 2 unspecified atom stereocenters. The zero-order valence-electron chi connectivity index (χ0n) is 48.7. The molecule has 0 saturated carbocycles. The number of hydrogen-bond acceptors (Lipinski definition) is 5. The molecule has 0 heterocycles. The predicted octanol–water partition coefficient (Wildman–Crippen LogP) is 20.6. The molecule has 6 nitrogen and oxygen atoms in total. The van der Waals surface area contributed by atoms with E-state index >= 15 is 0 Å². The SMILES string of the molecule is CCCCCCC/C=C\CCCCCCCC(=O)OCCCCCCCCCCCCCCCCCCCCCCCCCCCCC(=O)NC(CO)C(O)/C=C/CCCCCCCCCCCCCCC. The fourth-order valence-electron chi connectivity index (χ4n) is 10.2. The molecule has 0 bridgehead atoms. The third kappa shape index (κ3) is 57.6. The topological polar surface area (TPSA) is 95.9 Å². The summed E-state index contributed by atoms with van der Waals surface area (Å²) < 4.78 is 5.48. The van der Waals surface area contributed by atoms with Crippen LogP contribution < -0.4 is 5.32 Å². The number of allylic oxidation sites excluding steroid dienone is 3. The molecule has 0 aliphatic rings. The van der Waals surface area contributed by atoms with E-state index in [9.17, 15) is 19.8 Å². The van der Waals surface area contributed by atoms with Crippen LogP contribution >= 0.6 is 0 Å². The second kappa shape index (κ2) is 61.9. The van der Waals surface area contributed by atoms with Crippen molar-refractivity contribution in [2.45, 2.75) is 373 Å². The summed E-state index contributed by atoms with van der Waals surface area (Å²) in [6.45, 7) is 4.92. The van der Waals surface area contributed by atoms with E-state index in [1.807, 2.05) is 6.08 Å². The Labute approximate surface area is 450 Å². The van der Waals surface area contributed by atoms with Gasteiger partial charge >= 0.3 is 5.97 Å². The molecule has 72 heavy (non-hydrogen) atoms. The molecule has 0 fully saturated rings. The number of rotatable bonds is 61. The summed E-state index contributed by atoms with van der Waals surface area (Å²) in [7, 11) is 0. The van der Waals surface area contributed by atoms with Crippen LogP contribution in [0.2, 0.25) is 0 Å². The maximum Gasteiger partial charge on any atom is 0.305 e. The zero-order valence-corrected chi connectivity index (χ0v) is 48.7. The van der Waals surface area contributed by atoms with Crippen LogP contribution in [0.5, 0.6) is 0 Å². The molecular formula is C66H127NO5. The Morgan fingerprint density at radius 1 is 0.375 bits per heavy atom. The number of esters is 1. The van der Waals surface area contributed by atoms with Crippen molar-refractivity contribution in [3.63, 3.8) is 0 Å². The Morgan fingerprint density at radius 3 is 0.986 bits per heavy atom. The lowest BCUT2D eigenvalue weighted by Crippen LogP contribution is -2.45. The van der Waals surface area contributed by atoms with E-state index in [1.165, 1.54) is 289 Å². The van der Waals surface area contributed by atoms with Gasteiger partial charge in [0.25, 0.3) is 0 Å². The summed E-state index contributed by atoms with van der Waals surface area (Å²) in [5.74, 6) is -0.0551. The number of unbranched alkanes of at least 4 members (excludes halogenated alkanes) is 48. The van der Waals surface area contributed by atoms with Crippen LogP contribution in [-0.2, 0) is 14.3 Å². The van der Waals surface area contributed by atoms with E-state index in [0.717, 1.165) is 44.9 Å². The van der Waals surface area contributed by atoms with Crippen LogP contribution in [0.4, 0.5) is 0 Å². The molecule has 0 rings (SSSR count). The van der Waals surface area contributed by atoms with Gasteiger partial charge in [-0.15, -0.1) is 0 Å². The van der Waals surface area contributed by atoms with Crippen molar-refractivity contribution in [2.24, 2.45) is 0 Å². The van der Waals surface area contributed by atoms with Gasteiger partial charge in [-0.2, -0.15) is 0 Å². The van der Waals surface area contributed by atoms with Gasteiger partial charge in [0.2, 0.25) is 5.91 Å². The van der Waals surface area contributed by atoms with Crippen LogP contribution in [-0.4, -0.2) is 47.4 Å². The number of hydrogen-bond donors (Lipinski definition) is 3. The van der Waals surface area contributed by atoms with Crippen LogP contribution in [0.1, 0.15) is 361 Å². The van der Waals surface area contributed by atoms with E-state index in [1.54, 1.807) is 6.08 Å². The van der Waals surface area contributed by atoms with Gasteiger partial charge in [0.15, 0.2) is 0 Å². The first kappa shape index (κ1) is 70.3. The lowest BCUT2D eigenvalue weighted by atomic mass is 10.0. The Hall–Kier alpha value is -1.66. The Balaban J connectivity index is 3.37. The molecule has 3 N–H and O–H groups in total. The fourth-order valence-corrected chi connectivity index (χ4v) is 10.2. The lowest BCUT2D eigenvalue weighted by Gasteiger charge is -2.20. The molecule has 0 aliphatic heterocycles. The average Bonchev–Trinajstić information content (AvgIpc) is 3.38. The van der Waals surface area contributed by atoms with E-state index in [-0.39, 0.29) is 18.5 Å². The molecule has 0 saturated heterocycles. The normalized spacial score (nSPS) is 12.7. The molecule has 2 atom stereocenters. The summed E-state index contributed by atoms with van der Waals surface area (Å²) in [4.78, 5) is 24.5. The highest BCUT2D eigenvalue weighted by Crippen LogP contribution is 2.18. The fraction of sp³-hybridized carbons (Fsp3) is 0.909. The Kier molecular flexibility index (Phi) is 60.5. The van der Waals surface area contributed by atoms with E-state index in [2.05, 4.69) is 31.3 Å². The maximum absolute atomic E-state index is 12.5. The van der Waals surface area contributed by atoms with Crippen molar-refractivity contribution in [1.82, 2.24) is 5.32 Å². The molecular weight excluding hydrogens is 887 g/mol. The van der Waals surface area contributed by atoms with Gasteiger partial charge in [0, 0.05) is 12.8 Å². The summed E-state index contributed by atoms with van der Waals surface area (Å²) >= 11 is 0. The minimum absolute atomic E-state index is 0.00867. The third-order valence-electron chi connectivity index (χ3n) is 15.2. The Bertz CT molecular complexity index is 1120. The van der Waals surface area contributed by atoms with Crippen molar-refractivity contribution in [2.75, 3.05) is 13.2 Å². The maximum atomic E-state index is 12.5. The van der Waals surface area contributed by atoms with Crippen LogP contribution in [0.25, 0.3) is 0 Å². The van der Waals surface area contributed by atoms with Crippen molar-refractivity contribution in [1.29, 1.82) is 0 Å². The predicted molar refractivity (Wildman–Crippen MR) is 315 cm³/mol. The van der Waals surface area contributed by atoms with E-state index < -0.39 is 12.1 Å². The van der Waals surface area contributed by atoms with Crippen molar-refractivity contribution < 1.29 is 24.5 Å². The first-order valence-electron chi connectivity index (χ1n) is 32.6. The van der Waals surface area contributed by atoms with Gasteiger partial charge in [-0.25, -0.2) is 0 Å². The minimum Gasteiger partial charge on any atom is -0.466 e. The minimum atomic E-state index is -0.842. The van der Waals surface area contributed by atoms with Crippen LogP contribution in [0.15, 0.2) is 24.3 Å². The van der Waals surface area contributed by atoms with Gasteiger partial charge in [0.05, 0.1) is 25.4 Å². The van der Waals surface area contributed by atoms with Gasteiger partial charge in [-0.1, -0.05) is 314 Å². The summed E-state index contributed by atoms with van der Waals surface area (Å²) in [5.41, 5.74) is 0. The largest absolute Gasteiger partial charge is 0.466 e. The van der Waals surface area contributed by atoms with Crippen LogP contribution in [0, 0.1) is 0 Å². The van der Waals surface area contributed by atoms with Crippen LogP contribution in [0.3, 0.4) is 0 Å². The molecule has 0 aromatic rings. The second-order valence-electron chi connectivity index (χ2n) is 22.5. The second-order valence-corrected chi connectivity index (χ2v) is 22.5. The molecule has 0 aromatic carbocycles. The van der Waals surface area contributed by atoms with Gasteiger partial charge in [-0.3, -0.25) is 9.59 Å². The molecule has 0 aromatic heterocycles. The quantitative estimate of drug-likeness (QED) is 0.0320. The number of nitrogens with one attached hydrogen (secondary N) is 1. The zero-order chi connectivity index (χ0) is 52.2. The molecule has 0 aliphatic carbocycles. The molecule has 6 heteroatoms. The number of amides is 1. The third-order valence-corrected chi connectivity index (χ3v) is 15.2. The Morgan fingerprint density at radius 2 is 0.653 bits per heavy atom. The molecule has 1 amide bonds. The van der Waals surface area contributed by atoms with Gasteiger partial charge in [-0.05, 0) is 57.8 Å². The monoisotopic (exact) mass is 1010 g/mol. The average molecular weight is 1010 g/mol. The van der Waals surface area contributed by atoms with Gasteiger partial charge < -0.3 is 20.3 Å². The number of carbonyl (C=O) groups excluding carboxylic acids is 2. The highest BCUT2D eigenvalue weighted by molar-refractivity contribution is 5.76. The highest BCUT2D eigenvalue weighted by Gasteiger charge is 2.18. The highest BCUT2D eigenvalue weighted by atomic mass is 16.5. The standard InChI is InChI=1S/C66H127NO5/c1-3-5-7-9-11-13-15-17-31-34-38-42-46-50-54-58-64(69)63(62-68)67-65(70)59-55-51-47-43-39-35-32-29-27-25-23-21-19-20-22-24-26-28-30-33-37-41-45-49-53-57-61-72-66(71)60-56-52-48-44-40-36-18-16-14-12-10-8-6-4-2/h16,18,54,58,63-64,68-69H,3-15,17,19-53,55-57,59-62H2,1-2H3,(H,67,70)/b18-16-,58-54+. The summed E-state index contributed by atoms with van der Waals surface area (Å²) in [6, 6.07) is -0.625. The molecule has 0 radical (unpaired) electrons. The smallest absolute Gasteiger partial charge is 0.305 e. The summed E-state index contributed by atoms with van der Waals surface area (Å²) in [5, 5.41) is 23.1. The number of aliphatic hydroxyl groups is 2. The summed E-state index contributed by atoms with van der Waals surface area (Å²) in [6.07, 6.45) is 76.6. The number of carbonyl (C=O) groups is 2. The molecule has 426 valence electrons. The van der Waals surface area contributed by atoms with E-state index in [4.69, 9.17) is 4.74 Å². The number of ether oxygens (including phenoxy) is 1. The number of aliphatic hydroxyl groups excluding tert-OH is 2. The first-order valence-corrected chi connectivity index (χ1v) is 32.6. The van der Waals surface area contributed by atoms with Crippen molar-refractivity contribution >= 4 is 11.9 Å². The lowest BCUT2D eigenvalue weighted by molar-refractivity contribution is -0.143. The first-order chi connectivity index (χ1) is 35.5. The van der Waals surface area contributed by atoms with Crippen molar-refractivity contribution in [3.8, 4) is 0 Å². The van der Waals surface area contributed by atoms with Gasteiger partial charge in [0.1, 0.15) is 0 Å².